The summed E-state index contributed by atoms with van der Waals surface area (Å²) in [6.07, 6.45) is 0.706. The zero-order valence-electron chi connectivity index (χ0n) is 9.95. The molecule has 0 bridgehead atoms. The van der Waals surface area contributed by atoms with E-state index >= 15 is 0 Å². The average Bonchev–Trinajstić information content (AvgIpc) is 2.31. The van der Waals surface area contributed by atoms with Crippen molar-refractivity contribution in [1.29, 1.82) is 0 Å². The minimum absolute atomic E-state index is 0.137. The van der Waals surface area contributed by atoms with Crippen molar-refractivity contribution in [3.63, 3.8) is 0 Å². The van der Waals surface area contributed by atoms with Crippen molar-refractivity contribution >= 4 is 14.7 Å². The normalized spacial score (nSPS) is 11.5. The topological polar surface area (TPSA) is 92.0 Å². The van der Waals surface area contributed by atoms with Crippen LogP contribution in [0.1, 0.15) is 6.42 Å². The second kappa shape index (κ2) is 8.62. The van der Waals surface area contributed by atoms with E-state index in [4.69, 9.17) is 19.2 Å². The van der Waals surface area contributed by atoms with Gasteiger partial charge in [0.15, 0.2) is 0 Å². The number of nitrogens with two attached hydrogens (primary N) is 1. The number of hydrogen-bond donors (Lipinski definition) is 2. The maximum absolute atomic E-state index is 11.0. The van der Waals surface area contributed by atoms with Crippen LogP contribution in [0.4, 0.5) is 0 Å². The molecular formula is C8H20N2O5Si. The highest BCUT2D eigenvalue weighted by Gasteiger charge is 2.36. The molecule has 1 amide bonds. The minimum Gasteiger partial charge on any atom is -0.377 e. The third kappa shape index (κ3) is 5.54. The quantitative estimate of drug-likeness (QED) is 0.319. The summed E-state index contributed by atoms with van der Waals surface area (Å²) in [4.78, 5) is 15.2. The summed E-state index contributed by atoms with van der Waals surface area (Å²) >= 11 is 0. The highest BCUT2D eigenvalue weighted by Crippen LogP contribution is 2.14. The molecule has 0 aromatic rings. The first-order chi connectivity index (χ1) is 7.64. The van der Waals surface area contributed by atoms with Gasteiger partial charge in [-0.1, -0.05) is 0 Å². The molecule has 16 heavy (non-hydrogen) atoms. The van der Waals surface area contributed by atoms with Crippen LogP contribution in [0, 0.1) is 0 Å². The molecule has 0 aromatic carbocycles. The summed E-state index contributed by atoms with van der Waals surface area (Å²) in [5.41, 5.74) is 0. The van der Waals surface area contributed by atoms with Gasteiger partial charge in [0.05, 0.1) is 0 Å². The Kier molecular flexibility index (Phi) is 8.34. The van der Waals surface area contributed by atoms with Crippen LogP contribution in [0.3, 0.4) is 0 Å². The highest BCUT2D eigenvalue weighted by molar-refractivity contribution is 6.60. The van der Waals surface area contributed by atoms with Crippen LogP contribution in [0.15, 0.2) is 0 Å². The van der Waals surface area contributed by atoms with E-state index in [1.807, 2.05) is 0 Å². The SMILES string of the molecule is CO[Si](CCCNC(=O)CON)(OC)OC. The predicted molar refractivity (Wildman–Crippen MR) is 59.4 cm³/mol. The van der Waals surface area contributed by atoms with Gasteiger partial charge in [-0.2, -0.15) is 0 Å². The third-order valence-corrected chi connectivity index (χ3v) is 4.96. The summed E-state index contributed by atoms with van der Waals surface area (Å²) < 4.78 is 15.7. The van der Waals surface area contributed by atoms with Crippen LogP contribution in [-0.2, 0) is 22.9 Å². The summed E-state index contributed by atoms with van der Waals surface area (Å²) in [6, 6.07) is 0.639. The fraction of sp³-hybridized carbons (Fsp3) is 0.875. The number of carbonyl (C=O) groups is 1. The Morgan fingerprint density at radius 3 is 2.25 bits per heavy atom. The standard InChI is InChI=1S/C8H20N2O5Si/c1-12-16(13-2,14-3)6-4-5-10-8(11)7-15-9/h4-7,9H2,1-3H3,(H,10,11). The molecule has 0 rings (SSSR count). The Bertz CT molecular complexity index is 193. The summed E-state index contributed by atoms with van der Waals surface area (Å²) in [5.74, 6) is 4.51. The number of rotatable bonds is 9. The van der Waals surface area contributed by atoms with Gasteiger partial charge in [0, 0.05) is 33.9 Å². The molecule has 7 nitrogen and oxygen atoms in total. The predicted octanol–water partition coefficient (Wildman–Crippen LogP) is -0.739. The third-order valence-electron chi connectivity index (χ3n) is 2.13. The molecule has 0 saturated carbocycles. The Morgan fingerprint density at radius 1 is 1.25 bits per heavy atom. The van der Waals surface area contributed by atoms with Crippen molar-refractivity contribution in [3.05, 3.63) is 0 Å². The van der Waals surface area contributed by atoms with Crippen molar-refractivity contribution in [2.75, 3.05) is 34.5 Å². The van der Waals surface area contributed by atoms with E-state index in [0.717, 1.165) is 0 Å². The molecule has 96 valence electrons. The van der Waals surface area contributed by atoms with E-state index < -0.39 is 8.80 Å². The molecule has 0 aliphatic carbocycles. The zero-order chi connectivity index (χ0) is 12.4. The van der Waals surface area contributed by atoms with E-state index in [0.29, 0.717) is 19.0 Å². The van der Waals surface area contributed by atoms with Crippen molar-refractivity contribution in [1.82, 2.24) is 5.32 Å². The maximum Gasteiger partial charge on any atom is 0.500 e. The van der Waals surface area contributed by atoms with Crippen LogP contribution in [-0.4, -0.2) is 49.2 Å². The lowest BCUT2D eigenvalue weighted by atomic mass is 10.4. The summed E-state index contributed by atoms with van der Waals surface area (Å²) in [7, 11) is 2.15. The van der Waals surface area contributed by atoms with Crippen molar-refractivity contribution in [2.24, 2.45) is 5.90 Å². The number of carbonyl (C=O) groups excluding carboxylic acids is 1. The van der Waals surface area contributed by atoms with Gasteiger partial charge in [-0.3, -0.25) is 9.63 Å². The van der Waals surface area contributed by atoms with Crippen LogP contribution < -0.4 is 11.2 Å². The van der Waals surface area contributed by atoms with Gasteiger partial charge in [0.25, 0.3) is 0 Å². The molecule has 0 aliphatic heterocycles. The van der Waals surface area contributed by atoms with Crippen molar-refractivity contribution in [3.8, 4) is 0 Å². The fourth-order valence-corrected chi connectivity index (χ4v) is 2.94. The molecule has 0 saturated heterocycles. The largest absolute Gasteiger partial charge is 0.500 e. The van der Waals surface area contributed by atoms with Crippen LogP contribution in [0.5, 0.6) is 0 Å². The maximum atomic E-state index is 11.0. The van der Waals surface area contributed by atoms with Crippen molar-refractivity contribution < 1.29 is 22.9 Å². The molecule has 0 atom stereocenters. The molecule has 8 heteroatoms. The van der Waals surface area contributed by atoms with Gasteiger partial charge in [-0.15, -0.1) is 0 Å². The Balaban J connectivity index is 3.74. The number of amides is 1. The molecule has 3 N–H and O–H groups in total. The van der Waals surface area contributed by atoms with E-state index in [-0.39, 0.29) is 12.5 Å². The number of nitrogens with one attached hydrogen (secondary N) is 1. The molecule has 0 aromatic heterocycles. The minimum atomic E-state index is -2.52. The molecule has 0 unspecified atom stereocenters. The monoisotopic (exact) mass is 252 g/mol. The zero-order valence-corrected chi connectivity index (χ0v) is 10.9. The Labute approximate surface area is 96.5 Å². The molecule has 0 radical (unpaired) electrons. The van der Waals surface area contributed by atoms with Gasteiger partial charge >= 0.3 is 8.80 Å². The van der Waals surface area contributed by atoms with Crippen LogP contribution >= 0.6 is 0 Å². The fourth-order valence-electron chi connectivity index (χ4n) is 1.22. The van der Waals surface area contributed by atoms with Crippen molar-refractivity contribution in [2.45, 2.75) is 12.5 Å². The number of hydrogen-bond acceptors (Lipinski definition) is 6. The Hall–Kier alpha value is -0.513. The summed E-state index contributed by atoms with van der Waals surface area (Å²) in [6.45, 7) is 0.369. The van der Waals surface area contributed by atoms with Crippen LogP contribution in [0.25, 0.3) is 0 Å². The van der Waals surface area contributed by atoms with Gasteiger partial charge in [0.2, 0.25) is 5.91 Å². The van der Waals surface area contributed by atoms with Crippen LogP contribution in [0.2, 0.25) is 6.04 Å². The van der Waals surface area contributed by atoms with E-state index in [9.17, 15) is 4.79 Å². The van der Waals surface area contributed by atoms with Gasteiger partial charge in [-0.05, 0) is 6.42 Å². The molecule has 0 spiro atoms. The second-order valence-corrected chi connectivity index (χ2v) is 6.15. The first-order valence-corrected chi connectivity index (χ1v) is 6.81. The average molecular weight is 252 g/mol. The van der Waals surface area contributed by atoms with E-state index in [2.05, 4.69) is 10.2 Å². The molecular weight excluding hydrogens is 232 g/mol. The summed E-state index contributed by atoms with van der Waals surface area (Å²) in [5, 5.41) is 2.64. The lowest BCUT2D eigenvalue weighted by molar-refractivity contribution is -0.125. The van der Waals surface area contributed by atoms with E-state index in [1.54, 1.807) is 21.3 Å². The van der Waals surface area contributed by atoms with Gasteiger partial charge in [-0.25, -0.2) is 5.90 Å². The molecule has 0 fully saturated rings. The van der Waals surface area contributed by atoms with Gasteiger partial charge < -0.3 is 18.6 Å². The lowest BCUT2D eigenvalue weighted by Gasteiger charge is -2.24. The highest BCUT2D eigenvalue weighted by atomic mass is 28.4. The van der Waals surface area contributed by atoms with Gasteiger partial charge in [0.1, 0.15) is 6.61 Å². The lowest BCUT2D eigenvalue weighted by Crippen LogP contribution is -2.43. The molecule has 0 aliphatic rings. The Morgan fingerprint density at radius 2 is 1.81 bits per heavy atom. The first-order valence-electron chi connectivity index (χ1n) is 4.88. The van der Waals surface area contributed by atoms with E-state index in [1.165, 1.54) is 0 Å². The molecule has 0 heterocycles. The first kappa shape index (κ1) is 15.5. The smallest absolute Gasteiger partial charge is 0.377 e. The second-order valence-electron chi connectivity index (χ2n) is 3.06.